The van der Waals surface area contributed by atoms with Gasteiger partial charge in [-0.15, -0.1) is 0 Å². The predicted molar refractivity (Wildman–Crippen MR) is 85.2 cm³/mol. The fraction of sp³-hybridized carbons (Fsp3) is 0.533. The van der Waals surface area contributed by atoms with Crippen LogP contribution in [0.15, 0.2) is 18.2 Å². The maximum Gasteiger partial charge on any atom is 0.319 e. The van der Waals surface area contributed by atoms with Gasteiger partial charge in [-0.05, 0) is 46.2 Å². The van der Waals surface area contributed by atoms with Gasteiger partial charge in [-0.3, -0.25) is 10.1 Å². The zero-order valence-electron chi connectivity index (χ0n) is 13.6. The van der Waals surface area contributed by atoms with Gasteiger partial charge < -0.3 is 15.4 Å². The van der Waals surface area contributed by atoms with Crippen LogP contribution in [0.3, 0.4) is 0 Å². The number of carbonyl (C=O) groups excluding carboxylic acids is 1. The fourth-order valence-electron chi connectivity index (χ4n) is 2.20. The summed E-state index contributed by atoms with van der Waals surface area (Å²) in [6, 6.07) is 4.03. The minimum Gasteiger partial charge on any atom is -0.379 e. The summed E-state index contributed by atoms with van der Waals surface area (Å²) in [7, 11) is 1.63. The van der Waals surface area contributed by atoms with Crippen LogP contribution in [0.1, 0.15) is 32.8 Å². The third-order valence-electron chi connectivity index (χ3n) is 3.38. The largest absolute Gasteiger partial charge is 0.379 e. The number of nitrogens with zero attached hydrogens (tertiary/aromatic N) is 1. The minimum absolute atomic E-state index is 0.0289. The number of ether oxygens (including phenoxy) is 1. The van der Waals surface area contributed by atoms with Crippen LogP contribution < -0.4 is 10.6 Å². The molecule has 0 heterocycles. The number of nitro groups is 1. The lowest BCUT2D eigenvalue weighted by Crippen LogP contribution is -2.40. The second kappa shape index (κ2) is 7.22. The molecule has 0 aliphatic rings. The number of nitro benzene ring substituents is 1. The minimum atomic E-state index is -0.450. The molecule has 0 bridgehead atoms. The number of hydrogen-bond donors (Lipinski definition) is 2. The summed E-state index contributed by atoms with van der Waals surface area (Å²) < 4.78 is 5.32. The lowest BCUT2D eigenvalue weighted by Gasteiger charge is -2.27. The van der Waals surface area contributed by atoms with Gasteiger partial charge in [0.15, 0.2) is 0 Å². The molecule has 2 N–H and O–H groups in total. The molecule has 1 rings (SSSR count). The summed E-state index contributed by atoms with van der Waals surface area (Å²) in [5, 5.41) is 16.2. The zero-order chi connectivity index (χ0) is 16.9. The Morgan fingerprint density at radius 2 is 2.09 bits per heavy atom. The average molecular weight is 309 g/mol. The smallest absolute Gasteiger partial charge is 0.319 e. The second-order valence-electron chi connectivity index (χ2n) is 5.93. The Morgan fingerprint density at radius 1 is 1.45 bits per heavy atom. The molecule has 0 saturated heterocycles. The first-order valence-corrected chi connectivity index (χ1v) is 7.02. The van der Waals surface area contributed by atoms with E-state index < -0.39 is 4.92 Å². The Labute approximate surface area is 130 Å². The van der Waals surface area contributed by atoms with Crippen molar-refractivity contribution in [1.82, 2.24) is 5.32 Å². The highest BCUT2D eigenvalue weighted by atomic mass is 16.6. The molecule has 0 radical (unpaired) electrons. The molecule has 22 heavy (non-hydrogen) atoms. The molecule has 122 valence electrons. The highest BCUT2D eigenvalue weighted by Gasteiger charge is 2.21. The van der Waals surface area contributed by atoms with Gasteiger partial charge in [0.25, 0.3) is 5.69 Å². The molecule has 7 heteroatoms. The SMILES string of the molecule is COC(C)(C)C[C@H](C)NC(=O)Nc1ccc([N+](=O)[O-])c(C)c1. The first-order chi connectivity index (χ1) is 10.1. The summed E-state index contributed by atoms with van der Waals surface area (Å²) >= 11 is 0. The molecule has 2 amide bonds. The Morgan fingerprint density at radius 3 is 2.59 bits per heavy atom. The predicted octanol–water partition coefficient (Wildman–Crippen LogP) is 3.23. The van der Waals surface area contributed by atoms with Crippen LogP contribution in [0.25, 0.3) is 0 Å². The Hall–Kier alpha value is -2.15. The first-order valence-electron chi connectivity index (χ1n) is 7.02. The average Bonchev–Trinajstić information content (AvgIpc) is 2.37. The van der Waals surface area contributed by atoms with E-state index in [1.54, 1.807) is 20.1 Å². The number of benzene rings is 1. The summed E-state index contributed by atoms with van der Waals surface area (Å²) in [5.41, 5.74) is 0.716. The number of rotatable bonds is 6. The van der Waals surface area contributed by atoms with E-state index in [4.69, 9.17) is 4.74 Å². The number of carbonyl (C=O) groups is 1. The Bertz CT molecular complexity index is 558. The first kappa shape index (κ1) is 17.9. The number of nitrogens with one attached hydrogen (secondary N) is 2. The lowest BCUT2D eigenvalue weighted by atomic mass is 10.00. The summed E-state index contributed by atoms with van der Waals surface area (Å²) in [5.74, 6) is 0. The molecule has 0 aliphatic heterocycles. The van der Waals surface area contributed by atoms with Crippen molar-refractivity contribution in [3.63, 3.8) is 0 Å². The third-order valence-corrected chi connectivity index (χ3v) is 3.38. The zero-order valence-corrected chi connectivity index (χ0v) is 13.6. The lowest BCUT2D eigenvalue weighted by molar-refractivity contribution is -0.385. The van der Waals surface area contributed by atoms with Crippen molar-refractivity contribution in [3.8, 4) is 0 Å². The van der Waals surface area contributed by atoms with Gasteiger partial charge in [0.05, 0.1) is 10.5 Å². The summed E-state index contributed by atoms with van der Waals surface area (Å²) in [6.07, 6.45) is 0.663. The number of hydrogen-bond acceptors (Lipinski definition) is 4. The van der Waals surface area contributed by atoms with Crippen LogP contribution in [0.2, 0.25) is 0 Å². The van der Waals surface area contributed by atoms with Crippen molar-refractivity contribution in [1.29, 1.82) is 0 Å². The van der Waals surface area contributed by atoms with Gasteiger partial charge in [-0.2, -0.15) is 0 Å². The number of anilines is 1. The number of methoxy groups -OCH3 is 1. The van der Waals surface area contributed by atoms with Crippen molar-refractivity contribution in [3.05, 3.63) is 33.9 Å². The van der Waals surface area contributed by atoms with Crippen molar-refractivity contribution < 1.29 is 14.5 Å². The molecule has 0 aliphatic carbocycles. The molecule has 0 unspecified atom stereocenters. The maximum absolute atomic E-state index is 11.9. The van der Waals surface area contributed by atoms with Crippen LogP contribution in [0.4, 0.5) is 16.2 Å². The summed E-state index contributed by atoms with van der Waals surface area (Å²) in [6.45, 7) is 7.41. The number of amides is 2. The van der Waals surface area contributed by atoms with E-state index in [-0.39, 0.29) is 23.4 Å². The molecule has 7 nitrogen and oxygen atoms in total. The number of urea groups is 1. The van der Waals surface area contributed by atoms with Crippen molar-refractivity contribution >= 4 is 17.4 Å². The van der Waals surface area contributed by atoms with E-state index in [2.05, 4.69) is 10.6 Å². The highest BCUT2D eigenvalue weighted by Crippen LogP contribution is 2.21. The van der Waals surface area contributed by atoms with Gasteiger partial charge in [-0.25, -0.2) is 4.79 Å². The topological polar surface area (TPSA) is 93.5 Å². The molecule has 1 aromatic carbocycles. The standard InChI is InChI=1S/C15H23N3O4/c1-10-8-12(6-7-13(10)18(20)21)17-14(19)16-11(2)9-15(3,4)22-5/h6-8,11H,9H2,1-5H3,(H2,16,17,19)/t11-/m0/s1. The van der Waals surface area contributed by atoms with Crippen molar-refractivity contribution in [2.24, 2.45) is 0 Å². The molecule has 0 aromatic heterocycles. The molecule has 0 spiro atoms. The van der Waals surface area contributed by atoms with Gasteiger partial charge in [0, 0.05) is 30.5 Å². The van der Waals surface area contributed by atoms with E-state index in [1.165, 1.54) is 12.1 Å². The van der Waals surface area contributed by atoms with Gasteiger partial charge in [-0.1, -0.05) is 0 Å². The van der Waals surface area contributed by atoms with Gasteiger partial charge in [0.2, 0.25) is 0 Å². The van der Waals surface area contributed by atoms with Crippen LogP contribution in [0.5, 0.6) is 0 Å². The second-order valence-corrected chi connectivity index (χ2v) is 5.93. The van der Waals surface area contributed by atoms with E-state index in [1.807, 2.05) is 20.8 Å². The van der Waals surface area contributed by atoms with Crippen LogP contribution >= 0.6 is 0 Å². The number of aryl methyl sites for hydroxylation is 1. The monoisotopic (exact) mass is 309 g/mol. The van der Waals surface area contributed by atoms with E-state index in [0.29, 0.717) is 17.7 Å². The van der Waals surface area contributed by atoms with Crippen molar-refractivity contribution in [2.45, 2.75) is 45.8 Å². The third kappa shape index (κ3) is 5.33. The van der Waals surface area contributed by atoms with E-state index in [0.717, 1.165) is 0 Å². The molecular weight excluding hydrogens is 286 g/mol. The highest BCUT2D eigenvalue weighted by molar-refractivity contribution is 5.89. The van der Waals surface area contributed by atoms with E-state index >= 15 is 0 Å². The normalized spacial score (nSPS) is 12.6. The maximum atomic E-state index is 11.9. The van der Waals surface area contributed by atoms with E-state index in [9.17, 15) is 14.9 Å². The molecule has 0 saturated carbocycles. The van der Waals surface area contributed by atoms with Crippen molar-refractivity contribution in [2.75, 3.05) is 12.4 Å². The van der Waals surface area contributed by atoms with Gasteiger partial charge in [0.1, 0.15) is 0 Å². The molecule has 0 fully saturated rings. The molecular formula is C15H23N3O4. The Balaban J connectivity index is 2.62. The van der Waals surface area contributed by atoms with Crippen LogP contribution in [0, 0.1) is 17.0 Å². The Kier molecular flexibility index (Phi) is 5.87. The summed E-state index contributed by atoms with van der Waals surface area (Å²) in [4.78, 5) is 22.2. The van der Waals surface area contributed by atoms with Gasteiger partial charge >= 0.3 is 6.03 Å². The van der Waals surface area contributed by atoms with Crippen LogP contribution in [-0.2, 0) is 4.74 Å². The molecule has 1 atom stereocenters. The fourth-order valence-corrected chi connectivity index (χ4v) is 2.20. The molecule has 1 aromatic rings. The van der Waals surface area contributed by atoms with Crippen LogP contribution in [-0.4, -0.2) is 29.7 Å². The quantitative estimate of drug-likeness (QED) is 0.623.